The van der Waals surface area contributed by atoms with Gasteiger partial charge < -0.3 is 9.47 Å². The van der Waals surface area contributed by atoms with Crippen LogP contribution in [0.3, 0.4) is 0 Å². The Morgan fingerprint density at radius 1 is 1.24 bits per heavy atom. The Morgan fingerprint density at radius 2 is 2.00 bits per heavy atom. The number of rotatable bonds is 7. The van der Waals surface area contributed by atoms with Crippen LogP contribution in [0.15, 0.2) is 18.2 Å². The van der Waals surface area contributed by atoms with Crippen LogP contribution in [0.4, 0.5) is 0 Å². The molecule has 96 valence electrons. The van der Waals surface area contributed by atoms with E-state index in [0.717, 1.165) is 24.3 Å². The van der Waals surface area contributed by atoms with Gasteiger partial charge in [-0.2, -0.15) is 0 Å². The van der Waals surface area contributed by atoms with Crippen LogP contribution in [-0.4, -0.2) is 18.6 Å². The summed E-state index contributed by atoms with van der Waals surface area (Å²) in [5.74, 6) is 2.33. The van der Waals surface area contributed by atoms with E-state index >= 15 is 0 Å². The Labute approximate surface area is 109 Å². The second kappa shape index (κ2) is 7.44. The van der Waals surface area contributed by atoms with Crippen molar-refractivity contribution in [3.8, 4) is 11.5 Å². The molecule has 0 aliphatic carbocycles. The molecule has 0 radical (unpaired) electrons. The summed E-state index contributed by atoms with van der Waals surface area (Å²) < 4.78 is 11.3. The van der Waals surface area contributed by atoms with E-state index in [1.165, 1.54) is 5.56 Å². The van der Waals surface area contributed by atoms with Crippen LogP contribution in [0.5, 0.6) is 11.5 Å². The predicted molar refractivity (Wildman–Crippen MR) is 72.4 cm³/mol. The van der Waals surface area contributed by atoms with Gasteiger partial charge in [0.2, 0.25) is 0 Å². The monoisotopic (exact) mass is 256 g/mol. The van der Waals surface area contributed by atoms with E-state index in [4.69, 9.17) is 21.1 Å². The molecule has 0 unspecified atom stereocenters. The van der Waals surface area contributed by atoms with Crippen LogP contribution in [-0.2, 0) is 6.42 Å². The van der Waals surface area contributed by atoms with Gasteiger partial charge in [0.15, 0.2) is 11.5 Å². The quantitative estimate of drug-likeness (QED) is 0.686. The Bertz CT molecular complexity index is 337. The van der Waals surface area contributed by atoms with Crippen molar-refractivity contribution in [3.63, 3.8) is 0 Å². The smallest absolute Gasteiger partial charge is 0.161 e. The van der Waals surface area contributed by atoms with Crippen molar-refractivity contribution in [1.29, 1.82) is 0 Å². The highest BCUT2D eigenvalue weighted by atomic mass is 35.5. The minimum Gasteiger partial charge on any atom is -0.490 e. The lowest BCUT2D eigenvalue weighted by Gasteiger charge is -2.15. The SMILES string of the molecule is CCOc1cc(CCCCl)ccc1OC(C)C. The molecule has 0 atom stereocenters. The maximum Gasteiger partial charge on any atom is 0.161 e. The number of ether oxygens (including phenoxy) is 2. The van der Waals surface area contributed by atoms with E-state index in [9.17, 15) is 0 Å². The summed E-state index contributed by atoms with van der Waals surface area (Å²) in [6.07, 6.45) is 2.12. The minimum absolute atomic E-state index is 0.155. The normalized spacial score (nSPS) is 10.6. The first kappa shape index (κ1) is 14.2. The van der Waals surface area contributed by atoms with Gasteiger partial charge in [-0.3, -0.25) is 0 Å². The fraction of sp³-hybridized carbons (Fsp3) is 0.571. The third kappa shape index (κ3) is 4.86. The second-order valence-corrected chi connectivity index (χ2v) is 4.55. The molecule has 0 aliphatic heterocycles. The van der Waals surface area contributed by atoms with E-state index in [0.29, 0.717) is 12.5 Å². The van der Waals surface area contributed by atoms with Gasteiger partial charge in [-0.15, -0.1) is 11.6 Å². The molecule has 0 spiro atoms. The van der Waals surface area contributed by atoms with Crippen LogP contribution >= 0.6 is 11.6 Å². The van der Waals surface area contributed by atoms with Crippen LogP contribution in [0, 0.1) is 0 Å². The summed E-state index contributed by atoms with van der Waals surface area (Å²) in [5, 5.41) is 0. The number of hydrogen-bond donors (Lipinski definition) is 0. The highest BCUT2D eigenvalue weighted by molar-refractivity contribution is 6.17. The summed E-state index contributed by atoms with van der Waals surface area (Å²) in [5.41, 5.74) is 1.24. The first-order valence-electron chi connectivity index (χ1n) is 6.15. The average molecular weight is 257 g/mol. The predicted octanol–water partition coefficient (Wildman–Crippen LogP) is 4.04. The topological polar surface area (TPSA) is 18.5 Å². The van der Waals surface area contributed by atoms with E-state index in [2.05, 4.69) is 6.07 Å². The third-order valence-electron chi connectivity index (χ3n) is 2.27. The molecule has 17 heavy (non-hydrogen) atoms. The zero-order valence-corrected chi connectivity index (χ0v) is 11.6. The molecule has 2 nitrogen and oxygen atoms in total. The van der Waals surface area contributed by atoms with Crippen LogP contribution < -0.4 is 9.47 Å². The molecule has 0 heterocycles. The first-order valence-corrected chi connectivity index (χ1v) is 6.69. The largest absolute Gasteiger partial charge is 0.490 e. The van der Waals surface area contributed by atoms with Gasteiger partial charge >= 0.3 is 0 Å². The van der Waals surface area contributed by atoms with Crippen LogP contribution in [0.1, 0.15) is 32.8 Å². The van der Waals surface area contributed by atoms with Gasteiger partial charge in [-0.05, 0) is 51.3 Å². The van der Waals surface area contributed by atoms with Gasteiger partial charge in [0.1, 0.15) is 0 Å². The fourth-order valence-electron chi connectivity index (χ4n) is 1.60. The summed E-state index contributed by atoms with van der Waals surface area (Å²) in [4.78, 5) is 0. The molecule has 0 saturated heterocycles. The van der Waals surface area contributed by atoms with E-state index in [1.54, 1.807) is 0 Å². The minimum atomic E-state index is 0.155. The average Bonchev–Trinajstić information content (AvgIpc) is 2.29. The van der Waals surface area contributed by atoms with Gasteiger partial charge in [0.25, 0.3) is 0 Å². The molecular weight excluding hydrogens is 236 g/mol. The van der Waals surface area contributed by atoms with Crippen molar-refractivity contribution in [2.24, 2.45) is 0 Å². The molecule has 1 aromatic carbocycles. The van der Waals surface area contributed by atoms with Crippen molar-refractivity contribution < 1.29 is 9.47 Å². The second-order valence-electron chi connectivity index (χ2n) is 4.17. The number of aryl methyl sites for hydroxylation is 1. The summed E-state index contributed by atoms with van der Waals surface area (Å²) in [7, 11) is 0. The lowest BCUT2D eigenvalue weighted by molar-refractivity contribution is 0.223. The Morgan fingerprint density at radius 3 is 2.59 bits per heavy atom. The molecule has 0 bridgehead atoms. The van der Waals surface area contributed by atoms with Gasteiger partial charge in [0, 0.05) is 5.88 Å². The van der Waals surface area contributed by atoms with Gasteiger partial charge in [-0.25, -0.2) is 0 Å². The summed E-state index contributed by atoms with van der Waals surface area (Å²) in [6.45, 7) is 6.65. The Kier molecular flexibility index (Phi) is 6.20. The van der Waals surface area contributed by atoms with E-state index in [1.807, 2.05) is 32.9 Å². The molecule has 0 aliphatic rings. The summed E-state index contributed by atoms with van der Waals surface area (Å²) in [6, 6.07) is 6.11. The summed E-state index contributed by atoms with van der Waals surface area (Å²) >= 11 is 5.70. The number of benzene rings is 1. The molecule has 0 N–H and O–H groups in total. The number of hydrogen-bond acceptors (Lipinski definition) is 2. The number of alkyl halides is 1. The van der Waals surface area contributed by atoms with Gasteiger partial charge in [-0.1, -0.05) is 6.07 Å². The van der Waals surface area contributed by atoms with Crippen LogP contribution in [0.2, 0.25) is 0 Å². The van der Waals surface area contributed by atoms with Crippen LogP contribution in [0.25, 0.3) is 0 Å². The van der Waals surface area contributed by atoms with E-state index in [-0.39, 0.29) is 6.10 Å². The zero-order chi connectivity index (χ0) is 12.7. The van der Waals surface area contributed by atoms with Crippen molar-refractivity contribution in [2.45, 2.75) is 39.7 Å². The molecule has 1 aromatic rings. The highest BCUT2D eigenvalue weighted by Gasteiger charge is 2.07. The molecule has 0 saturated carbocycles. The standard InChI is InChI=1S/C14H21ClO2/c1-4-16-14-10-12(6-5-9-15)7-8-13(14)17-11(2)3/h7-8,10-11H,4-6,9H2,1-3H3. The molecular formula is C14H21ClO2. The zero-order valence-electron chi connectivity index (χ0n) is 10.8. The first-order chi connectivity index (χ1) is 8.17. The van der Waals surface area contributed by atoms with E-state index < -0.39 is 0 Å². The highest BCUT2D eigenvalue weighted by Crippen LogP contribution is 2.29. The van der Waals surface area contributed by atoms with Crippen molar-refractivity contribution >= 4 is 11.6 Å². The van der Waals surface area contributed by atoms with Gasteiger partial charge in [0.05, 0.1) is 12.7 Å². The third-order valence-corrected chi connectivity index (χ3v) is 2.54. The maximum atomic E-state index is 5.71. The Hall–Kier alpha value is -0.890. The Balaban J connectivity index is 2.83. The van der Waals surface area contributed by atoms with Crippen molar-refractivity contribution in [3.05, 3.63) is 23.8 Å². The fourth-order valence-corrected chi connectivity index (χ4v) is 1.73. The number of halogens is 1. The molecule has 0 fully saturated rings. The lowest BCUT2D eigenvalue weighted by atomic mass is 10.1. The maximum absolute atomic E-state index is 5.71. The molecule has 0 amide bonds. The molecule has 1 rings (SSSR count). The molecule has 3 heteroatoms. The van der Waals surface area contributed by atoms with Crippen molar-refractivity contribution in [2.75, 3.05) is 12.5 Å². The van der Waals surface area contributed by atoms with Crippen molar-refractivity contribution in [1.82, 2.24) is 0 Å². The lowest BCUT2D eigenvalue weighted by Crippen LogP contribution is -2.07. The molecule has 0 aromatic heterocycles.